The summed E-state index contributed by atoms with van der Waals surface area (Å²) >= 11 is 2.00. The van der Waals surface area contributed by atoms with Crippen LogP contribution in [0, 0.1) is 0 Å². The van der Waals surface area contributed by atoms with Crippen molar-refractivity contribution < 1.29 is 0 Å². The summed E-state index contributed by atoms with van der Waals surface area (Å²) in [5, 5.41) is 3.41. The van der Waals surface area contributed by atoms with E-state index in [4.69, 9.17) is 0 Å². The molecule has 1 aromatic carbocycles. The molecule has 1 aliphatic carbocycles. The second-order valence-corrected chi connectivity index (χ2v) is 6.11. The average molecular weight is 249 g/mol. The Hall–Kier alpha value is -0.470. The Kier molecular flexibility index (Phi) is 4.93. The van der Waals surface area contributed by atoms with Crippen LogP contribution in [0.15, 0.2) is 24.3 Å². The molecule has 1 saturated carbocycles. The molecular weight excluding hydrogens is 226 g/mol. The summed E-state index contributed by atoms with van der Waals surface area (Å²) in [6, 6.07) is 9.78. The highest BCUT2D eigenvalue weighted by Gasteiger charge is 2.19. The molecule has 0 aromatic heterocycles. The lowest BCUT2D eigenvalue weighted by atomic mass is 9.80. The van der Waals surface area contributed by atoms with E-state index < -0.39 is 0 Å². The molecule has 1 nitrogen and oxygen atoms in total. The van der Waals surface area contributed by atoms with Crippen LogP contribution in [0.2, 0.25) is 0 Å². The van der Waals surface area contributed by atoms with E-state index >= 15 is 0 Å². The molecule has 1 aliphatic rings. The van der Waals surface area contributed by atoms with E-state index in [-0.39, 0.29) is 0 Å². The van der Waals surface area contributed by atoms with Gasteiger partial charge >= 0.3 is 0 Å². The summed E-state index contributed by atoms with van der Waals surface area (Å²) in [5.41, 5.74) is 2.97. The van der Waals surface area contributed by atoms with Gasteiger partial charge in [-0.1, -0.05) is 37.6 Å². The second kappa shape index (κ2) is 6.46. The molecule has 1 unspecified atom stereocenters. The van der Waals surface area contributed by atoms with Gasteiger partial charge in [0, 0.05) is 11.8 Å². The van der Waals surface area contributed by atoms with Gasteiger partial charge < -0.3 is 5.32 Å². The van der Waals surface area contributed by atoms with Crippen molar-refractivity contribution in [2.75, 3.05) is 18.6 Å². The largest absolute Gasteiger partial charge is 0.312 e. The fourth-order valence-electron chi connectivity index (χ4n) is 2.32. The third-order valence-electron chi connectivity index (χ3n) is 3.75. The molecule has 0 radical (unpaired) electrons. The molecule has 1 atom stereocenters. The zero-order valence-corrected chi connectivity index (χ0v) is 11.7. The molecular formula is C15H23NS. The van der Waals surface area contributed by atoms with Crippen molar-refractivity contribution in [3.63, 3.8) is 0 Å². The third kappa shape index (κ3) is 3.26. The molecule has 1 fully saturated rings. The predicted octanol–water partition coefficient (Wildman–Crippen LogP) is 3.97. The monoisotopic (exact) mass is 249 g/mol. The van der Waals surface area contributed by atoms with Crippen molar-refractivity contribution in [3.05, 3.63) is 35.4 Å². The normalized spacial score (nSPS) is 17.8. The van der Waals surface area contributed by atoms with Crippen LogP contribution in [0.1, 0.15) is 49.3 Å². The van der Waals surface area contributed by atoms with E-state index in [9.17, 15) is 0 Å². The van der Waals surface area contributed by atoms with Gasteiger partial charge in [0.15, 0.2) is 0 Å². The first-order valence-corrected chi connectivity index (χ1v) is 7.85. The smallest absolute Gasteiger partial charge is 0.0409 e. The van der Waals surface area contributed by atoms with Crippen LogP contribution >= 0.6 is 11.8 Å². The molecule has 1 N–H and O–H groups in total. The topological polar surface area (TPSA) is 12.0 Å². The highest BCUT2D eigenvalue weighted by atomic mass is 32.2. The Labute approximate surface area is 109 Å². The van der Waals surface area contributed by atoms with Crippen molar-refractivity contribution in [2.24, 2.45) is 0 Å². The molecule has 1 aromatic rings. The quantitative estimate of drug-likeness (QED) is 0.819. The first kappa shape index (κ1) is 13.0. The second-order valence-electron chi connectivity index (χ2n) is 4.80. The molecule has 2 heteroatoms. The lowest BCUT2D eigenvalue weighted by Crippen LogP contribution is -2.19. The Bertz CT molecular complexity index is 329. The van der Waals surface area contributed by atoms with E-state index in [1.54, 1.807) is 0 Å². The Morgan fingerprint density at radius 3 is 2.47 bits per heavy atom. The number of hydrogen-bond donors (Lipinski definition) is 1. The van der Waals surface area contributed by atoms with Crippen LogP contribution in [-0.4, -0.2) is 18.6 Å². The summed E-state index contributed by atoms with van der Waals surface area (Å²) in [5.74, 6) is 3.20. The predicted molar refractivity (Wildman–Crippen MR) is 77.8 cm³/mol. The van der Waals surface area contributed by atoms with E-state index in [2.05, 4.69) is 43.6 Å². The lowest BCUT2D eigenvalue weighted by molar-refractivity contribution is 0.419. The zero-order valence-electron chi connectivity index (χ0n) is 10.9. The van der Waals surface area contributed by atoms with Gasteiger partial charge in [-0.15, -0.1) is 0 Å². The van der Waals surface area contributed by atoms with Gasteiger partial charge in [0.2, 0.25) is 0 Å². The zero-order chi connectivity index (χ0) is 12.1. The molecule has 0 spiro atoms. The average Bonchev–Trinajstić information content (AvgIpc) is 2.30. The summed E-state index contributed by atoms with van der Waals surface area (Å²) in [7, 11) is 2.06. The maximum absolute atomic E-state index is 3.41. The van der Waals surface area contributed by atoms with E-state index in [1.165, 1.54) is 36.1 Å². The van der Waals surface area contributed by atoms with Gasteiger partial charge in [-0.2, -0.15) is 11.8 Å². The Balaban J connectivity index is 1.99. The van der Waals surface area contributed by atoms with Crippen LogP contribution in [0.5, 0.6) is 0 Å². The summed E-state index contributed by atoms with van der Waals surface area (Å²) < 4.78 is 0. The summed E-state index contributed by atoms with van der Waals surface area (Å²) in [6.45, 7) is 2.22. The number of hydrogen-bond acceptors (Lipinski definition) is 2. The first-order chi connectivity index (χ1) is 8.35. The molecule has 0 aliphatic heterocycles. The highest BCUT2D eigenvalue weighted by molar-refractivity contribution is 7.99. The Morgan fingerprint density at radius 2 is 2.00 bits per heavy atom. The molecule has 2 rings (SSSR count). The highest BCUT2D eigenvalue weighted by Crippen LogP contribution is 2.36. The standard InChI is InChI=1S/C15H23NS/c1-3-17-11-15(16-2)14-9-7-13(8-10-14)12-5-4-6-12/h7-10,12,15-16H,3-6,11H2,1-2H3. The van der Waals surface area contributed by atoms with Crippen molar-refractivity contribution >= 4 is 11.8 Å². The molecule has 94 valence electrons. The number of benzene rings is 1. The van der Waals surface area contributed by atoms with Gasteiger partial charge in [0.25, 0.3) is 0 Å². The van der Waals surface area contributed by atoms with Crippen LogP contribution in [-0.2, 0) is 0 Å². The molecule has 0 heterocycles. The minimum Gasteiger partial charge on any atom is -0.312 e. The van der Waals surface area contributed by atoms with Gasteiger partial charge in [-0.25, -0.2) is 0 Å². The van der Waals surface area contributed by atoms with Crippen molar-refractivity contribution in [1.29, 1.82) is 0 Å². The van der Waals surface area contributed by atoms with Crippen molar-refractivity contribution in [2.45, 2.75) is 38.1 Å². The van der Waals surface area contributed by atoms with Crippen molar-refractivity contribution in [3.8, 4) is 0 Å². The number of rotatable bonds is 6. The minimum atomic E-state index is 0.496. The number of thioether (sulfide) groups is 1. The maximum atomic E-state index is 3.41. The van der Waals surface area contributed by atoms with Crippen LogP contribution in [0.25, 0.3) is 0 Å². The van der Waals surface area contributed by atoms with Crippen LogP contribution < -0.4 is 5.32 Å². The molecule has 0 bridgehead atoms. The van der Waals surface area contributed by atoms with E-state index in [0.29, 0.717) is 6.04 Å². The first-order valence-electron chi connectivity index (χ1n) is 6.70. The molecule has 0 amide bonds. The molecule has 0 saturated heterocycles. The van der Waals surface area contributed by atoms with E-state index in [1.807, 2.05) is 11.8 Å². The maximum Gasteiger partial charge on any atom is 0.0409 e. The fourth-order valence-corrected chi connectivity index (χ4v) is 3.15. The number of nitrogens with one attached hydrogen (secondary N) is 1. The van der Waals surface area contributed by atoms with Gasteiger partial charge in [-0.05, 0) is 42.7 Å². The van der Waals surface area contributed by atoms with E-state index in [0.717, 1.165) is 11.7 Å². The van der Waals surface area contributed by atoms with Crippen molar-refractivity contribution in [1.82, 2.24) is 5.32 Å². The fraction of sp³-hybridized carbons (Fsp3) is 0.600. The lowest BCUT2D eigenvalue weighted by Gasteiger charge is -2.26. The van der Waals surface area contributed by atoms with Gasteiger partial charge in [0.05, 0.1) is 0 Å². The van der Waals surface area contributed by atoms with Gasteiger partial charge in [0.1, 0.15) is 0 Å². The molecule has 17 heavy (non-hydrogen) atoms. The third-order valence-corrected chi connectivity index (χ3v) is 4.73. The Morgan fingerprint density at radius 1 is 1.29 bits per heavy atom. The van der Waals surface area contributed by atoms with Crippen LogP contribution in [0.4, 0.5) is 0 Å². The minimum absolute atomic E-state index is 0.496. The van der Waals surface area contributed by atoms with Gasteiger partial charge in [-0.3, -0.25) is 0 Å². The van der Waals surface area contributed by atoms with Crippen LogP contribution in [0.3, 0.4) is 0 Å². The summed E-state index contributed by atoms with van der Waals surface area (Å²) in [6.07, 6.45) is 4.19. The summed E-state index contributed by atoms with van der Waals surface area (Å²) in [4.78, 5) is 0. The SMILES string of the molecule is CCSCC(NC)c1ccc(C2CCC2)cc1.